The van der Waals surface area contributed by atoms with Crippen LogP contribution in [0, 0.1) is 6.92 Å². The third-order valence-corrected chi connectivity index (χ3v) is 5.55. The second kappa shape index (κ2) is 10.6. The van der Waals surface area contributed by atoms with Crippen molar-refractivity contribution < 1.29 is 22.7 Å². The van der Waals surface area contributed by atoms with E-state index >= 15 is 0 Å². The van der Waals surface area contributed by atoms with Gasteiger partial charge in [0.2, 0.25) is 5.95 Å². The maximum Gasteiger partial charge on any atom is 0.271 e. The molecule has 0 saturated carbocycles. The van der Waals surface area contributed by atoms with Crippen molar-refractivity contribution in [1.82, 2.24) is 25.1 Å². The number of halogens is 3. The van der Waals surface area contributed by atoms with Crippen molar-refractivity contribution in [3.8, 4) is 11.3 Å². The number of aryl methyl sites for hydroxylation is 1. The number of nitrogens with zero attached hydrogens (tertiary/aromatic N) is 4. The molecule has 34 heavy (non-hydrogen) atoms. The van der Waals surface area contributed by atoms with Crippen LogP contribution in [0.25, 0.3) is 11.3 Å². The zero-order chi connectivity index (χ0) is 24.1. The lowest BCUT2D eigenvalue weighted by atomic mass is 10.1. The summed E-state index contributed by atoms with van der Waals surface area (Å²) in [6, 6.07) is 6.76. The summed E-state index contributed by atoms with van der Waals surface area (Å²) < 4.78 is 44.9. The van der Waals surface area contributed by atoms with Gasteiger partial charge in [0.15, 0.2) is 6.17 Å². The average Bonchev–Trinajstić information content (AvgIpc) is 3.32. The minimum atomic E-state index is -3.14. The minimum Gasteiger partial charge on any atom is -0.381 e. The molecule has 4 rings (SSSR count). The number of aromatic nitrogens is 4. The van der Waals surface area contributed by atoms with Gasteiger partial charge in [-0.15, -0.1) is 0 Å². The van der Waals surface area contributed by atoms with Crippen molar-refractivity contribution in [2.45, 2.75) is 38.4 Å². The monoisotopic (exact) mass is 474 g/mol. The Balaban J connectivity index is 1.44. The van der Waals surface area contributed by atoms with Crippen LogP contribution in [-0.2, 0) is 4.74 Å². The summed E-state index contributed by atoms with van der Waals surface area (Å²) in [4.78, 5) is 21.0. The number of carbonyl (C=O) groups is 1. The predicted octanol–water partition coefficient (Wildman–Crippen LogP) is 4.08. The number of rotatable bonds is 8. The van der Waals surface area contributed by atoms with Crippen LogP contribution in [0.5, 0.6) is 0 Å². The number of amides is 1. The topological polar surface area (TPSA) is 94.0 Å². The van der Waals surface area contributed by atoms with Crippen LogP contribution < -0.4 is 10.6 Å². The molecule has 1 aliphatic rings. The van der Waals surface area contributed by atoms with Crippen LogP contribution in [0.1, 0.15) is 34.8 Å². The Morgan fingerprint density at radius 1 is 1.18 bits per heavy atom. The number of benzene rings is 1. The molecule has 0 radical (unpaired) electrons. The highest BCUT2D eigenvalue weighted by atomic mass is 19.3. The summed E-state index contributed by atoms with van der Waals surface area (Å²) in [6.45, 7) is 2.58. The standard InChI is InChI=1S/C23H25F3N6O2/c1-14-10-28-23(30-17-11-29-32(13-17)18-6-8-34-9-7-18)31-20(14)15-2-4-16(5-3-15)22(33)27-12-19(24)21(25)26/h2-5,10-11,13,18-19,21H,6-9,12H2,1H3,(H,27,33)(H,28,30,31). The van der Waals surface area contributed by atoms with Gasteiger partial charge in [0.25, 0.3) is 12.3 Å². The number of hydrogen-bond acceptors (Lipinski definition) is 6. The molecule has 2 N–H and O–H groups in total. The zero-order valence-electron chi connectivity index (χ0n) is 18.5. The predicted molar refractivity (Wildman–Crippen MR) is 120 cm³/mol. The van der Waals surface area contributed by atoms with E-state index in [1.807, 2.05) is 17.8 Å². The summed E-state index contributed by atoms with van der Waals surface area (Å²) in [5, 5.41) is 9.77. The van der Waals surface area contributed by atoms with Gasteiger partial charge >= 0.3 is 0 Å². The molecule has 3 heterocycles. The quantitative estimate of drug-likeness (QED) is 0.511. The van der Waals surface area contributed by atoms with E-state index in [1.165, 1.54) is 12.1 Å². The van der Waals surface area contributed by atoms with Gasteiger partial charge in [-0.2, -0.15) is 5.10 Å². The molecule has 1 amide bonds. The van der Waals surface area contributed by atoms with Gasteiger partial charge < -0.3 is 15.4 Å². The molecule has 1 atom stereocenters. The second-order valence-electron chi connectivity index (χ2n) is 8.04. The Morgan fingerprint density at radius 3 is 2.62 bits per heavy atom. The van der Waals surface area contributed by atoms with Gasteiger partial charge in [-0.1, -0.05) is 12.1 Å². The molecular formula is C23H25F3N6O2. The third-order valence-electron chi connectivity index (χ3n) is 5.55. The summed E-state index contributed by atoms with van der Waals surface area (Å²) >= 11 is 0. The number of hydrogen-bond donors (Lipinski definition) is 2. The first kappa shape index (κ1) is 23.7. The van der Waals surface area contributed by atoms with Crippen LogP contribution >= 0.6 is 0 Å². The van der Waals surface area contributed by atoms with Crippen molar-refractivity contribution in [3.63, 3.8) is 0 Å². The molecule has 0 aliphatic carbocycles. The number of ether oxygens (including phenoxy) is 1. The van der Waals surface area contributed by atoms with Crippen molar-refractivity contribution in [3.05, 3.63) is 54.0 Å². The molecule has 1 fully saturated rings. The van der Waals surface area contributed by atoms with Gasteiger partial charge in [-0.3, -0.25) is 9.48 Å². The number of nitrogens with one attached hydrogen (secondary N) is 2. The molecule has 11 heteroatoms. The van der Waals surface area contributed by atoms with Gasteiger partial charge in [0.05, 0.1) is 30.2 Å². The second-order valence-corrected chi connectivity index (χ2v) is 8.04. The first-order valence-corrected chi connectivity index (χ1v) is 10.9. The highest BCUT2D eigenvalue weighted by Crippen LogP contribution is 2.25. The van der Waals surface area contributed by atoms with E-state index in [4.69, 9.17) is 4.74 Å². The molecule has 1 saturated heterocycles. The lowest BCUT2D eigenvalue weighted by Crippen LogP contribution is -2.33. The fourth-order valence-corrected chi connectivity index (χ4v) is 3.64. The molecule has 1 aromatic carbocycles. The van der Waals surface area contributed by atoms with Gasteiger partial charge in [0.1, 0.15) is 0 Å². The van der Waals surface area contributed by atoms with Gasteiger partial charge in [-0.05, 0) is 37.5 Å². The van der Waals surface area contributed by atoms with Crippen molar-refractivity contribution in [2.24, 2.45) is 0 Å². The van der Waals surface area contributed by atoms with Crippen LogP contribution in [0.2, 0.25) is 0 Å². The van der Waals surface area contributed by atoms with Gasteiger partial charge in [0, 0.05) is 36.7 Å². The fourth-order valence-electron chi connectivity index (χ4n) is 3.64. The lowest BCUT2D eigenvalue weighted by Gasteiger charge is -2.22. The smallest absolute Gasteiger partial charge is 0.271 e. The molecule has 180 valence electrons. The Bertz CT molecular complexity index is 1120. The van der Waals surface area contributed by atoms with Crippen molar-refractivity contribution in [2.75, 3.05) is 25.1 Å². The van der Waals surface area contributed by atoms with E-state index in [2.05, 4.69) is 25.7 Å². The molecule has 0 spiro atoms. The molecule has 3 aromatic rings. The Morgan fingerprint density at radius 2 is 1.91 bits per heavy atom. The minimum absolute atomic E-state index is 0.232. The molecule has 0 bridgehead atoms. The zero-order valence-corrected chi connectivity index (χ0v) is 18.5. The van der Waals surface area contributed by atoms with E-state index in [-0.39, 0.29) is 5.56 Å². The van der Waals surface area contributed by atoms with Crippen molar-refractivity contribution >= 4 is 17.5 Å². The Labute approximate surface area is 194 Å². The Kier molecular flexibility index (Phi) is 7.41. The van der Waals surface area contributed by atoms with E-state index < -0.39 is 25.0 Å². The maximum absolute atomic E-state index is 13.0. The Hall–Kier alpha value is -3.47. The van der Waals surface area contributed by atoms with Crippen LogP contribution in [-0.4, -0.2) is 58.0 Å². The molecule has 1 unspecified atom stereocenters. The summed E-state index contributed by atoms with van der Waals surface area (Å²) in [5.74, 6) is -0.229. The van der Waals surface area contributed by atoms with Crippen molar-refractivity contribution in [1.29, 1.82) is 0 Å². The van der Waals surface area contributed by atoms with Gasteiger partial charge in [-0.25, -0.2) is 23.1 Å². The highest BCUT2D eigenvalue weighted by molar-refractivity contribution is 5.94. The SMILES string of the molecule is Cc1cnc(Nc2cnn(C3CCOCC3)c2)nc1-c1ccc(C(=O)NCC(F)C(F)F)cc1. The third kappa shape index (κ3) is 5.71. The number of carbonyl (C=O) groups excluding carboxylic acids is 1. The van der Waals surface area contributed by atoms with Crippen LogP contribution in [0.15, 0.2) is 42.9 Å². The van der Waals surface area contributed by atoms with Crippen LogP contribution in [0.3, 0.4) is 0 Å². The van der Waals surface area contributed by atoms with E-state index in [9.17, 15) is 18.0 Å². The largest absolute Gasteiger partial charge is 0.381 e. The fraction of sp³-hybridized carbons (Fsp3) is 0.391. The molecule has 1 aliphatic heterocycles. The maximum atomic E-state index is 13.0. The summed E-state index contributed by atoms with van der Waals surface area (Å²) in [6.07, 6.45) is 1.63. The van der Waals surface area contributed by atoms with E-state index in [0.717, 1.165) is 42.9 Å². The highest BCUT2D eigenvalue weighted by Gasteiger charge is 2.20. The molecule has 8 nitrogen and oxygen atoms in total. The van der Waals surface area contributed by atoms with E-state index in [1.54, 1.807) is 24.5 Å². The van der Waals surface area contributed by atoms with Crippen LogP contribution in [0.4, 0.5) is 24.8 Å². The number of alkyl halides is 3. The van der Waals surface area contributed by atoms with E-state index in [0.29, 0.717) is 17.7 Å². The lowest BCUT2D eigenvalue weighted by molar-refractivity contribution is 0.0488. The summed E-state index contributed by atoms with van der Waals surface area (Å²) in [7, 11) is 0. The number of anilines is 2. The summed E-state index contributed by atoms with van der Waals surface area (Å²) in [5.41, 5.74) is 3.24. The normalized spacial score (nSPS) is 15.3. The first-order chi connectivity index (χ1) is 16.4. The first-order valence-electron chi connectivity index (χ1n) is 10.9. The molecular weight excluding hydrogens is 449 g/mol. The molecule has 2 aromatic heterocycles. The average molecular weight is 474 g/mol.